The molecule has 8 heteroatoms. The molecule has 8 nitrogen and oxygen atoms in total. The number of hydrogen-bond acceptors (Lipinski definition) is 6. The summed E-state index contributed by atoms with van der Waals surface area (Å²) >= 11 is 0. The molecule has 0 aliphatic carbocycles. The molecule has 0 bridgehead atoms. The lowest BCUT2D eigenvalue weighted by molar-refractivity contribution is -0.139. The number of carbonyl (C=O) groups excluding carboxylic acids is 3. The first-order chi connectivity index (χ1) is 12.3. The Bertz CT molecular complexity index is 667. The Labute approximate surface area is 152 Å². The van der Waals surface area contributed by atoms with Crippen LogP contribution in [0, 0.1) is 5.92 Å². The number of amides is 3. The number of benzene rings is 1. The number of methoxy groups -OCH3 is 2. The van der Waals surface area contributed by atoms with E-state index in [9.17, 15) is 14.4 Å². The quantitative estimate of drug-likeness (QED) is 0.531. The molecule has 1 heterocycles. The summed E-state index contributed by atoms with van der Waals surface area (Å²) < 4.78 is 10.3. The molecule has 1 unspecified atom stereocenters. The van der Waals surface area contributed by atoms with Gasteiger partial charge in [0, 0.05) is 18.2 Å². The van der Waals surface area contributed by atoms with Crippen LogP contribution in [0.25, 0.3) is 0 Å². The van der Waals surface area contributed by atoms with Crippen molar-refractivity contribution in [2.24, 2.45) is 5.92 Å². The molecule has 2 rings (SSSR count). The number of rotatable bonds is 8. The normalized spacial score (nSPS) is 17.0. The van der Waals surface area contributed by atoms with Gasteiger partial charge < -0.3 is 9.47 Å². The van der Waals surface area contributed by atoms with Gasteiger partial charge in [-0.05, 0) is 24.5 Å². The van der Waals surface area contributed by atoms with Crippen LogP contribution in [0.4, 0.5) is 0 Å². The van der Waals surface area contributed by atoms with Crippen LogP contribution in [-0.4, -0.2) is 49.4 Å². The van der Waals surface area contributed by atoms with Crippen molar-refractivity contribution in [1.29, 1.82) is 0 Å². The Hall–Kier alpha value is -2.61. The number of likely N-dealkylation sites (tertiary alicyclic amines) is 1. The minimum Gasteiger partial charge on any atom is -0.497 e. The van der Waals surface area contributed by atoms with Crippen LogP contribution in [-0.2, 0) is 9.59 Å². The topological polar surface area (TPSA) is 97.0 Å². The molecule has 1 fully saturated rings. The summed E-state index contributed by atoms with van der Waals surface area (Å²) in [4.78, 5) is 37.9. The van der Waals surface area contributed by atoms with Crippen LogP contribution in [0.15, 0.2) is 18.2 Å². The minimum atomic E-state index is -0.758. The van der Waals surface area contributed by atoms with Gasteiger partial charge in [0.1, 0.15) is 17.5 Å². The summed E-state index contributed by atoms with van der Waals surface area (Å²) in [5.74, 6) is 0.334. The third-order valence-corrected chi connectivity index (χ3v) is 4.15. The van der Waals surface area contributed by atoms with E-state index in [0.717, 1.165) is 6.42 Å². The highest BCUT2D eigenvalue weighted by molar-refractivity contribution is 6.05. The first-order valence-electron chi connectivity index (χ1n) is 8.48. The van der Waals surface area contributed by atoms with Crippen LogP contribution in [0.1, 0.15) is 37.0 Å². The molecule has 0 saturated carbocycles. The molecular formula is C18H25N3O5. The summed E-state index contributed by atoms with van der Waals surface area (Å²) in [5.41, 5.74) is 5.45. The second-order valence-electron chi connectivity index (χ2n) is 6.52. The average Bonchev–Trinajstić information content (AvgIpc) is 2.90. The van der Waals surface area contributed by atoms with Crippen molar-refractivity contribution < 1.29 is 23.9 Å². The monoisotopic (exact) mass is 363 g/mol. The van der Waals surface area contributed by atoms with Crippen molar-refractivity contribution >= 4 is 17.7 Å². The SMILES string of the molecule is COc1cc(OC)cc(C(=O)NNC2CC(=O)N(CCC(C)C)C2=O)c1. The minimum absolute atomic E-state index is 0.0264. The van der Waals surface area contributed by atoms with Gasteiger partial charge in [0.2, 0.25) is 11.8 Å². The Morgan fingerprint density at radius 3 is 2.35 bits per heavy atom. The summed E-state index contributed by atoms with van der Waals surface area (Å²) in [7, 11) is 2.98. The molecule has 142 valence electrons. The molecule has 3 amide bonds. The number of ether oxygens (including phenoxy) is 2. The molecule has 1 aromatic carbocycles. The third kappa shape index (κ3) is 4.72. The highest BCUT2D eigenvalue weighted by Gasteiger charge is 2.38. The lowest BCUT2D eigenvalue weighted by atomic mass is 10.1. The van der Waals surface area contributed by atoms with Gasteiger partial charge in [-0.25, -0.2) is 5.43 Å². The Morgan fingerprint density at radius 2 is 1.81 bits per heavy atom. The highest BCUT2D eigenvalue weighted by atomic mass is 16.5. The largest absolute Gasteiger partial charge is 0.497 e. The van der Waals surface area contributed by atoms with Crippen molar-refractivity contribution in [3.8, 4) is 11.5 Å². The summed E-state index contributed by atoms with van der Waals surface area (Å²) in [6.45, 7) is 4.46. The molecule has 26 heavy (non-hydrogen) atoms. The second-order valence-corrected chi connectivity index (χ2v) is 6.52. The van der Waals surface area contributed by atoms with Gasteiger partial charge in [0.25, 0.3) is 5.91 Å². The Balaban J connectivity index is 1.97. The first-order valence-corrected chi connectivity index (χ1v) is 8.48. The maximum Gasteiger partial charge on any atom is 0.265 e. The summed E-state index contributed by atoms with van der Waals surface area (Å²) in [6.07, 6.45) is 0.777. The van der Waals surface area contributed by atoms with E-state index in [1.165, 1.54) is 19.1 Å². The van der Waals surface area contributed by atoms with E-state index in [0.29, 0.717) is 29.5 Å². The van der Waals surface area contributed by atoms with Crippen molar-refractivity contribution in [3.05, 3.63) is 23.8 Å². The van der Waals surface area contributed by atoms with E-state index >= 15 is 0 Å². The maximum absolute atomic E-state index is 12.3. The number of nitrogens with one attached hydrogen (secondary N) is 2. The van der Waals surface area contributed by atoms with E-state index in [-0.39, 0.29) is 18.2 Å². The Kier molecular flexibility index (Phi) is 6.57. The van der Waals surface area contributed by atoms with Crippen LogP contribution in [0.3, 0.4) is 0 Å². The summed E-state index contributed by atoms with van der Waals surface area (Å²) in [5, 5.41) is 0. The molecule has 1 saturated heterocycles. The predicted octanol–water partition coefficient (Wildman–Crippen LogP) is 1.11. The molecule has 0 aromatic heterocycles. The van der Waals surface area contributed by atoms with Gasteiger partial charge in [0.05, 0.1) is 20.6 Å². The fraction of sp³-hybridized carbons (Fsp3) is 0.500. The molecular weight excluding hydrogens is 338 g/mol. The smallest absolute Gasteiger partial charge is 0.265 e. The Morgan fingerprint density at radius 1 is 1.19 bits per heavy atom. The van der Waals surface area contributed by atoms with E-state index in [1.807, 2.05) is 13.8 Å². The van der Waals surface area contributed by atoms with Gasteiger partial charge in [-0.2, -0.15) is 0 Å². The molecule has 1 atom stereocenters. The van der Waals surface area contributed by atoms with Crippen molar-refractivity contribution in [3.63, 3.8) is 0 Å². The zero-order chi connectivity index (χ0) is 19.3. The highest BCUT2D eigenvalue weighted by Crippen LogP contribution is 2.22. The molecule has 1 aliphatic rings. The van der Waals surface area contributed by atoms with E-state index in [4.69, 9.17) is 9.47 Å². The zero-order valence-corrected chi connectivity index (χ0v) is 15.5. The van der Waals surface area contributed by atoms with Crippen LogP contribution < -0.4 is 20.3 Å². The number of nitrogens with zero attached hydrogens (tertiary/aromatic N) is 1. The van der Waals surface area contributed by atoms with Crippen LogP contribution in [0.5, 0.6) is 11.5 Å². The third-order valence-electron chi connectivity index (χ3n) is 4.15. The van der Waals surface area contributed by atoms with Crippen molar-refractivity contribution in [1.82, 2.24) is 15.8 Å². The molecule has 2 N–H and O–H groups in total. The van der Waals surface area contributed by atoms with Crippen molar-refractivity contribution in [2.75, 3.05) is 20.8 Å². The standard InChI is InChI=1S/C18H25N3O5/c1-11(2)5-6-21-16(22)10-15(18(21)24)19-20-17(23)12-7-13(25-3)9-14(8-12)26-4/h7-9,11,15,19H,5-6,10H2,1-4H3,(H,20,23). The van der Waals surface area contributed by atoms with E-state index in [2.05, 4.69) is 10.9 Å². The van der Waals surface area contributed by atoms with Gasteiger partial charge in [0.15, 0.2) is 0 Å². The van der Waals surface area contributed by atoms with Gasteiger partial charge in [-0.15, -0.1) is 0 Å². The lowest BCUT2D eigenvalue weighted by Gasteiger charge is -2.17. The predicted molar refractivity (Wildman–Crippen MR) is 94.7 cm³/mol. The maximum atomic E-state index is 12.3. The average molecular weight is 363 g/mol. The summed E-state index contributed by atoms with van der Waals surface area (Å²) in [6, 6.07) is 3.99. The lowest BCUT2D eigenvalue weighted by Crippen LogP contribution is -2.48. The number of hydrogen-bond donors (Lipinski definition) is 2. The molecule has 1 aliphatic heterocycles. The van der Waals surface area contributed by atoms with Gasteiger partial charge in [-0.1, -0.05) is 13.8 Å². The van der Waals surface area contributed by atoms with E-state index < -0.39 is 11.9 Å². The van der Waals surface area contributed by atoms with Crippen molar-refractivity contribution in [2.45, 2.75) is 32.7 Å². The molecule has 0 spiro atoms. The molecule has 0 radical (unpaired) electrons. The number of imide groups is 1. The second kappa shape index (κ2) is 8.66. The number of carbonyl (C=O) groups is 3. The zero-order valence-electron chi connectivity index (χ0n) is 15.5. The van der Waals surface area contributed by atoms with Gasteiger partial charge in [-0.3, -0.25) is 24.7 Å². The van der Waals surface area contributed by atoms with Crippen LogP contribution in [0.2, 0.25) is 0 Å². The number of hydrazine groups is 1. The van der Waals surface area contributed by atoms with Gasteiger partial charge >= 0.3 is 0 Å². The van der Waals surface area contributed by atoms with E-state index in [1.54, 1.807) is 18.2 Å². The fourth-order valence-corrected chi connectivity index (χ4v) is 2.58. The first kappa shape index (κ1) is 19.7. The fourth-order valence-electron chi connectivity index (χ4n) is 2.58. The molecule has 1 aromatic rings. The van der Waals surface area contributed by atoms with Crippen LogP contribution >= 0.6 is 0 Å².